The normalized spacial score (nSPS) is 15.5. The number of halogens is 2. The molecule has 0 bridgehead atoms. The number of ether oxygens (including phenoxy) is 1. The highest BCUT2D eigenvalue weighted by Gasteiger charge is 2.36. The third-order valence-corrected chi connectivity index (χ3v) is 7.98. The Bertz CT molecular complexity index is 1320. The lowest BCUT2D eigenvalue weighted by atomic mass is 10.1. The average molecular weight is 568 g/mol. The van der Waals surface area contributed by atoms with Gasteiger partial charge in [0.2, 0.25) is 5.88 Å². The molecule has 3 aromatic rings. The van der Waals surface area contributed by atoms with Crippen LogP contribution in [0.4, 0.5) is 5.69 Å². The zero-order valence-electron chi connectivity index (χ0n) is 20.2. The second-order valence-electron chi connectivity index (χ2n) is 8.67. The van der Waals surface area contributed by atoms with E-state index in [1.165, 1.54) is 23.0 Å². The highest BCUT2D eigenvalue weighted by Crippen LogP contribution is 2.49. The van der Waals surface area contributed by atoms with E-state index in [-0.39, 0.29) is 45.4 Å². The van der Waals surface area contributed by atoms with Crippen LogP contribution in [0.25, 0.3) is 5.82 Å². The second kappa shape index (κ2) is 11.3. The molecule has 2 amide bonds. The van der Waals surface area contributed by atoms with Crippen LogP contribution in [0.1, 0.15) is 46.2 Å². The number of nitrogens with zero attached hydrogens (tertiary/aromatic N) is 3. The highest BCUT2D eigenvalue weighted by molar-refractivity contribution is 8.25. The van der Waals surface area contributed by atoms with Crippen molar-refractivity contribution >= 4 is 51.3 Å². The van der Waals surface area contributed by atoms with Gasteiger partial charge in [-0.2, -0.15) is 10.6 Å². The molecule has 13 heteroatoms. The summed E-state index contributed by atoms with van der Waals surface area (Å²) in [5, 5.41) is 10.6. The predicted octanol–water partition coefficient (Wildman–Crippen LogP) is 5.18. The van der Waals surface area contributed by atoms with Crippen molar-refractivity contribution in [1.29, 1.82) is 0 Å². The lowest BCUT2D eigenvalue weighted by molar-refractivity contribution is 0.0954. The van der Waals surface area contributed by atoms with Gasteiger partial charge in [0.05, 0.1) is 27.8 Å². The Kier molecular flexibility index (Phi) is 8.29. The first-order valence-electron chi connectivity index (χ1n) is 11.6. The molecule has 3 heterocycles. The number of benzene rings is 1. The van der Waals surface area contributed by atoms with E-state index < -0.39 is 22.6 Å². The summed E-state index contributed by atoms with van der Waals surface area (Å²) in [6.07, 6.45) is 2.80. The number of nitrogens with one attached hydrogen (secondary N) is 2. The van der Waals surface area contributed by atoms with E-state index in [1.54, 1.807) is 25.1 Å². The van der Waals surface area contributed by atoms with Crippen molar-refractivity contribution in [2.75, 3.05) is 23.4 Å². The third-order valence-electron chi connectivity index (χ3n) is 5.65. The Morgan fingerprint density at radius 1 is 1.22 bits per heavy atom. The molecular formula is C24H27Cl2N5O5S. The Morgan fingerprint density at radius 2 is 1.97 bits per heavy atom. The maximum Gasteiger partial charge on any atom is 0.274 e. The molecule has 0 saturated carbocycles. The average Bonchev–Trinajstić information content (AvgIpc) is 3.23. The van der Waals surface area contributed by atoms with Crippen molar-refractivity contribution in [3.05, 3.63) is 63.4 Å². The van der Waals surface area contributed by atoms with Gasteiger partial charge >= 0.3 is 0 Å². The molecule has 1 saturated heterocycles. The van der Waals surface area contributed by atoms with E-state index in [4.69, 9.17) is 27.9 Å². The number of unbranched alkanes of at least 4 members (excludes halogenated alkanes) is 1. The molecule has 1 fully saturated rings. The molecular weight excluding hydrogens is 541 g/mol. The van der Waals surface area contributed by atoms with E-state index in [9.17, 15) is 18.7 Å². The molecule has 10 nitrogen and oxygen atoms in total. The standard InChI is InChI=1S/C24H27Cl2N5O5S/c1-3-4-7-28-23(32)17-10-15(25)9-14(2)21(17)29-24(33)19-11-20(36-16-12-37(34,35)13-16)30-31(19)22-18(26)6-5-8-27-22/h5-6,8-11,16,34-35H,3-4,7,12-13H2,1-2H3,(H,28,32)(H,29,33). The predicted molar refractivity (Wildman–Crippen MR) is 145 cm³/mol. The minimum absolute atomic E-state index is 0.0493. The lowest BCUT2D eigenvalue weighted by Gasteiger charge is -2.45. The number of anilines is 1. The van der Waals surface area contributed by atoms with Gasteiger partial charge in [-0.25, -0.2) is 9.67 Å². The van der Waals surface area contributed by atoms with Crippen molar-refractivity contribution in [1.82, 2.24) is 20.1 Å². The number of hydrogen-bond donors (Lipinski definition) is 4. The number of hydrogen-bond acceptors (Lipinski definition) is 7. The van der Waals surface area contributed by atoms with Gasteiger partial charge in [-0.15, -0.1) is 5.10 Å². The largest absolute Gasteiger partial charge is 0.470 e. The monoisotopic (exact) mass is 567 g/mol. The molecule has 0 atom stereocenters. The smallest absolute Gasteiger partial charge is 0.274 e. The lowest BCUT2D eigenvalue weighted by Crippen LogP contribution is -2.42. The number of carbonyl (C=O) groups is 2. The highest BCUT2D eigenvalue weighted by atomic mass is 35.5. The van der Waals surface area contributed by atoms with Gasteiger partial charge in [-0.1, -0.05) is 36.5 Å². The first-order chi connectivity index (χ1) is 17.6. The fraction of sp³-hybridized carbons (Fsp3) is 0.333. The number of pyridine rings is 1. The number of carbonyl (C=O) groups excluding carboxylic acids is 2. The SMILES string of the molecule is CCCCNC(=O)c1cc(Cl)cc(C)c1NC(=O)c1cc(OC2CS(O)(O)C2)nn1-c1ncccc1Cl. The van der Waals surface area contributed by atoms with E-state index in [1.807, 2.05) is 6.92 Å². The van der Waals surface area contributed by atoms with Gasteiger partial charge in [-0.3, -0.25) is 18.7 Å². The van der Waals surface area contributed by atoms with Crippen molar-refractivity contribution in [3.8, 4) is 11.7 Å². The Labute approximate surface area is 225 Å². The van der Waals surface area contributed by atoms with Crippen molar-refractivity contribution < 1.29 is 23.4 Å². The summed E-state index contributed by atoms with van der Waals surface area (Å²) in [6.45, 7) is 4.25. The number of aromatic nitrogens is 3. The quantitative estimate of drug-likeness (QED) is 0.261. The zero-order valence-corrected chi connectivity index (χ0v) is 22.5. The Balaban J connectivity index is 1.67. The first kappa shape index (κ1) is 27.2. The molecule has 37 heavy (non-hydrogen) atoms. The molecule has 4 N–H and O–H groups in total. The van der Waals surface area contributed by atoms with Crippen molar-refractivity contribution in [2.24, 2.45) is 0 Å². The summed E-state index contributed by atoms with van der Waals surface area (Å²) < 4.78 is 26.4. The fourth-order valence-corrected chi connectivity index (χ4v) is 5.50. The summed E-state index contributed by atoms with van der Waals surface area (Å²) >= 11 is 12.5. The van der Waals surface area contributed by atoms with E-state index in [2.05, 4.69) is 20.7 Å². The van der Waals surface area contributed by atoms with Crippen molar-refractivity contribution in [3.63, 3.8) is 0 Å². The molecule has 0 aliphatic carbocycles. The van der Waals surface area contributed by atoms with E-state index in [0.29, 0.717) is 22.8 Å². The van der Waals surface area contributed by atoms with Crippen LogP contribution in [0.2, 0.25) is 10.0 Å². The summed E-state index contributed by atoms with van der Waals surface area (Å²) in [6, 6.07) is 7.82. The third kappa shape index (κ3) is 6.36. The van der Waals surface area contributed by atoms with E-state index in [0.717, 1.165) is 12.8 Å². The molecule has 198 valence electrons. The molecule has 0 unspecified atom stereocenters. The van der Waals surface area contributed by atoms with Crippen LogP contribution in [0.15, 0.2) is 36.5 Å². The Hall–Kier alpha value is -2.83. The van der Waals surface area contributed by atoms with Crippen LogP contribution in [0, 0.1) is 6.92 Å². The molecule has 1 aromatic carbocycles. The molecule has 1 aliphatic rings. The van der Waals surface area contributed by atoms with Gasteiger partial charge in [-0.05, 0) is 43.2 Å². The van der Waals surface area contributed by atoms with Crippen LogP contribution in [0.5, 0.6) is 5.88 Å². The molecule has 0 spiro atoms. The zero-order chi connectivity index (χ0) is 26.7. The van der Waals surface area contributed by atoms with Crippen LogP contribution in [-0.2, 0) is 0 Å². The van der Waals surface area contributed by atoms with Crippen LogP contribution < -0.4 is 15.4 Å². The van der Waals surface area contributed by atoms with E-state index >= 15 is 0 Å². The minimum atomic E-state index is -2.62. The first-order valence-corrected chi connectivity index (χ1v) is 14.2. The van der Waals surface area contributed by atoms with Gasteiger partial charge in [0.25, 0.3) is 11.8 Å². The topological polar surface area (TPSA) is 139 Å². The minimum Gasteiger partial charge on any atom is -0.470 e. The molecule has 2 aromatic heterocycles. The second-order valence-corrected chi connectivity index (χ2v) is 11.8. The summed E-state index contributed by atoms with van der Waals surface area (Å²) in [5.41, 5.74) is 1.18. The van der Waals surface area contributed by atoms with Crippen molar-refractivity contribution in [2.45, 2.75) is 32.8 Å². The van der Waals surface area contributed by atoms with Gasteiger partial charge < -0.3 is 15.4 Å². The maximum absolute atomic E-state index is 13.5. The maximum atomic E-state index is 13.5. The molecule has 1 aliphatic heterocycles. The number of rotatable bonds is 9. The van der Waals surface area contributed by atoms with Gasteiger partial charge in [0, 0.05) is 23.8 Å². The van der Waals surface area contributed by atoms with Crippen LogP contribution in [-0.4, -0.2) is 59.8 Å². The number of aryl methyl sites for hydroxylation is 1. The Morgan fingerprint density at radius 3 is 2.65 bits per heavy atom. The van der Waals surface area contributed by atoms with Gasteiger partial charge in [0.15, 0.2) is 5.82 Å². The fourth-order valence-electron chi connectivity index (χ4n) is 3.80. The summed E-state index contributed by atoms with van der Waals surface area (Å²) in [5.74, 6) is -0.471. The molecule has 0 radical (unpaired) electrons. The van der Waals surface area contributed by atoms with Gasteiger partial charge in [0.1, 0.15) is 11.8 Å². The number of amides is 2. The van der Waals surface area contributed by atoms with Crippen LogP contribution >= 0.6 is 33.8 Å². The summed E-state index contributed by atoms with van der Waals surface area (Å²) in [7, 11) is -2.62. The van der Waals surface area contributed by atoms with Crippen LogP contribution in [0.3, 0.4) is 0 Å². The summed E-state index contributed by atoms with van der Waals surface area (Å²) in [4.78, 5) is 30.7. The molecule has 4 rings (SSSR count).